The lowest BCUT2D eigenvalue weighted by Gasteiger charge is -1.99. The van der Waals surface area contributed by atoms with E-state index in [0.29, 0.717) is 11.4 Å². The summed E-state index contributed by atoms with van der Waals surface area (Å²) in [6, 6.07) is 13.4. The molecule has 1 aromatic heterocycles. The van der Waals surface area contributed by atoms with Crippen LogP contribution in [-0.2, 0) is 0 Å². The van der Waals surface area contributed by atoms with E-state index in [9.17, 15) is 15.4 Å². The molecule has 0 spiro atoms. The van der Waals surface area contributed by atoms with Crippen molar-refractivity contribution in [2.45, 2.75) is 6.92 Å². The quantitative estimate of drug-likeness (QED) is 0.377. The van der Waals surface area contributed by atoms with Crippen molar-refractivity contribution in [2.75, 3.05) is 0 Å². The molecule has 0 fully saturated rings. The number of non-ortho nitro benzene ring substituents is 1. The van der Waals surface area contributed by atoms with Gasteiger partial charge in [0.05, 0.1) is 4.92 Å². The Hall–Kier alpha value is -3.50. The third kappa shape index (κ3) is 3.61. The molecule has 0 aliphatic carbocycles. The minimum atomic E-state index is -0.540. The van der Waals surface area contributed by atoms with E-state index in [-0.39, 0.29) is 22.2 Å². The number of nitriles is 1. The van der Waals surface area contributed by atoms with Crippen LogP contribution in [0.2, 0.25) is 5.02 Å². The van der Waals surface area contributed by atoms with Gasteiger partial charge in [0.1, 0.15) is 11.6 Å². The second-order valence-electron chi connectivity index (χ2n) is 5.42. The van der Waals surface area contributed by atoms with Gasteiger partial charge < -0.3 is 4.52 Å². The van der Waals surface area contributed by atoms with Crippen molar-refractivity contribution in [1.82, 2.24) is 10.1 Å². The number of allylic oxidation sites excluding steroid dienone is 1. The Bertz CT molecular complexity index is 1050. The summed E-state index contributed by atoms with van der Waals surface area (Å²) in [7, 11) is 0. The van der Waals surface area contributed by atoms with Gasteiger partial charge in [0.15, 0.2) is 0 Å². The molecule has 3 rings (SSSR count). The highest BCUT2D eigenvalue weighted by Gasteiger charge is 2.15. The van der Waals surface area contributed by atoms with Crippen LogP contribution in [0.3, 0.4) is 0 Å². The lowest BCUT2D eigenvalue weighted by Crippen LogP contribution is -1.89. The Labute approximate surface area is 153 Å². The Morgan fingerprint density at radius 2 is 2.04 bits per heavy atom. The van der Waals surface area contributed by atoms with Gasteiger partial charge in [-0.15, -0.1) is 0 Å². The maximum Gasteiger partial charge on any atom is 0.270 e. The largest absolute Gasteiger partial charge is 0.333 e. The van der Waals surface area contributed by atoms with E-state index in [1.807, 2.05) is 37.3 Å². The summed E-state index contributed by atoms with van der Waals surface area (Å²) in [5, 5.41) is 24.5. The standard InChI is InChI=1S/C18H11ClN4O3/c1-11-2-4-12(5-3-11)17-21-18(26-22-17)14(10-20)8-13-9-15(23(24)25)6-7-16(13)19/h2-9H,1H3/b14-8+. The van der Waals surface area contributed by atoms with Gasteiger partial charge in [-0.05, 0) is 19.1 Å². The summed E-state index contributed by atoms with van der Waals surface area (Å²) >= 11 is 6.06. The molecule has 2 aromatic carbocycles. The number of benzene rings is 2. The molecule has 0 aliphatic rings. The molecular weight excluding hydrogens is 356 g/mol. The molecule has 0 amide bonds. The van der Waals surface area contributed by atoms with Crippen LogP contribution in [0.15, 0.2) is 47.0 Å². The summed E-state index contributed by atoms with van der Waals surface area (Å²) in [6.45, 7) is 1.96. The third-order valence-corrected chi connectivity index (χ3v) is 3.92. The van der Waals surface area contributed by atoms with E-state index >= 15 is 0 Å². The predicted octanol–water partition coefficient (Wildman–Crippen LogP) is 4.67. The SMILES string of the molecule is Cc1ccc(-c2noc(/C(C#N)=C/c3cc([N+](=O)[O-])ccc3Cl)n2)cc1. The Morgan fingerprint density at radius 1 is 1.31 bits per heavy atom. The fourth-order valence-corrected chi connectivity index (χ4v) is 2.38. The lowest BCUT2D eigenvalue weighted by atomic mass is 10.1. The fourth-order valence-electron chi connectivity index (χ4n) is 2.21. The molecule has 7 nitrogen and oxygen atoms in total. The van der Waals surface area contributed by atoms with Crippen molar-refractivity contribution in [2.24, 2.45) is 0 Å². The molecule has 0 saturated carbocycles. The summed E-state index contributed by atoms with van der Waals surface area (Å²) < 4.78 is 5.16. The molecule has 3 aromatic rings. The number of halogens is 1. The van der Waals surface area contributed by atoms with Crippen LogP contribution in [0.25, 0.3) is 23.0 Å². The van der Waals surface area contributed by atoms with E-state index in [2.05, 4.69) is 10.1 Å². The highest BCUT2D eigenvalue weighted by atomic mass is 35.5. The number of nitro benzene ring substituents is 1. The predicted molar refractivity (Wildman–Crippen MR) is 96.1 cm³/mol. The highest BCUT2D eigenvalue weighted by molar-refractivity contribution is 6.32. The van der Waals surface area contributed by atoms with Gasteiger partial charge in [0.2, 0.25) is 5.82 Å². The zero-order valence-electron chi connectivity index (χ0n) is 13.5. The third-order valence-electron chi connectivity index (χ3n) is 3.58. The van der Waals surface area contributed by atoms with Gasteiger partial charge in [0.25, 0.3) is 11.6 Å². The molecule has 8 heteroatoms. The van der Waals surface area contributed by atoms with Crippen LogP contribution in [0.1, 0.15) is 17.0 Å². The Morgan fingerprint density at radius 3 is 2.69 bits per heavy atom. The normalized spacial score (nSPS) is 11.2. The van der Waals surface area contributed by atoms with Crippen molar-refractivity contribution in [1.29, 1.82) is 5.26 Å². The van der Waals surface area contributed by atoms with Crippen molar-refractivity contribution in [3.8, 4) is 17.5 Å². The monoisotopic (exact) mass is 366 g/mol. The van der Waals surface area contributed by atoms with E-state index in [0.717, 1.165) is 11.1 Å². The van der Waals surface area contributed by atoms with Crippen molar-refractivity contribution >= 4 is 28.9 Å². The van der Waals surface area contributed by atoms with Crippen LogP contribution in [-0.4, -0.2) is 15.1 Å². The van der Waals surface area contributed by atoms with Crippen LogP contribution in [0.5, 0.6) is 0 Å². The van der Waals surface area contributed by atoms with E-state index in [1.165, 1.54) is 24.3 Å². The summed E-state index contributed by atoms with van der Waals surface area (Å²) in [6.07, 6.45) is 1.38. The van der Waals surface area contributed by atoms with Crippen LogP contribution in [0.4, 0.5) is 5.69 Å². The number of rotatable bonds is 4. The minimum Gasteiger partial charge on any atom is -0.333 e. The average molecular weight is 367 g/mol. The van der Waals surface area contributed by atoms with Gasteiger partial charge in [-0.2, -0.15) is 10.2 Å². The van der Waals surface area contributed by atoms with Crippen molar-refractivity contribution < 1.29 is 9.45 Å². The van der Waals surface area contributed by atoms with E-state index in [4.69, 9.17) is 16.1 Å². The van der Waals surface area contributed by atoms with Gasteiger partial charge in [-0.3, -0.25) is 10.1 Å². The fraction of sp³-hybridized carbons (Fsp3) is 0.0556. The molecule has 0 aliphatic heterocycles. The molecule has 1 heterocycles. The van der Waals surface area contributed by atoms with Gasteiger partial charge in [-0.1, -0.05) is 46.6 Å². The van der Waals surface area contributed by atoms with Crippen molar-refractivity contribution in [3.63, 3.8) is 0 Å². The van der Waals surface area contributed by atoms with Crippen molar-refractivity contribution in [3.05, 3.63) is 74.6 Å². The van der Waals surface area contributed by atoms with Crippen LogP contribution < -0.4 is 0 Å². The number of hydrogen-bond acceptors (Lipinski definition) is 6. The Balaban J connectivity index is 1.99. The molecular formula is C18H11ClN4O3. The first-order chi connectivity index (χ1) is 12.5. The first kappa shape index (κ1) is 17.3. The molecule has 0 unspecified atom stereocenters. The lowest BCUT2D eigenvalue weighted by molar-refractivity contribution is -0.384. The maximum atomic E-state index is 10.9. The second-order valence-corrected chi connectivity index (χ2v) is 5.83. The molecule has 0 saturated heterocycles. The van der Waals surface area contributed by atoms with Gasteiger partial charge in [-0.25, -0.2) is 0 Å². The second kappa shape index (κ2) is 7.17. The highest BCUT2D eigenvalue weighted by Crippen LogP contribution is 2.27. The maximum absolute atomic E-state index is 10.9. The van der Waals surface area contributed by atoms with Crippen LogP contribution >= 0.6 is 11.6 Å². The molecule has 0 N–H and O–H groups in total. The summed E-state index contributed by atoms with van der Waals surface area (Å²) in [5.41, 5.74) is 2.07. The molecule has 0 bridgehead atoms. The summed E-state index contributed by atoms with van der Waals surface area (Å²) in [4.78, 5) is 14.6. The number of nitrogens with zero attached hydrogens (tertiary/aromatic N) is 4. The van der Waals surface area contributed by atoms with Crippen LogP contribution in [0, 0.1) is 28.4 Å². The molecule has 26 heavy (non-hydrogen) atoms. The molecule has 0 radical (unpaired) electrons. The topological polar surface area (TPSA) is 106 Å². The van der Waals surface area contributed by atoms with Gasteiger partial charge in [0, 0.05) is 28.3 Å². The number of aromatic nitrogens is 2. The summed E-state index contributed by atoms with van der Waals surface area (Å²) in [5.74, 6) is 0.344. The van der Waals surface area contributed by atoms with Gasteiger partial charge >= 0.3 is 0 Å². The first-order valence-corrected chi connectivity index (χ1v) is 7.82. The number of aryl methyl sites for hydroxylation is 1. The first-order valence-electron chi connectivity index (χ1n) is 7.45. The van der Waals surface area contributed by atoms with E-state index in [1.54, 1.807) is 0 Å². The Kier molecular flexibility index (Phi) is 4.78. The zero-order chi connectivity index (χ0) is 18.7. The zero-order valence-corrected chi connectivity index (χ0v) is 14.3. The average Bonchev–Trinajstić information content (AvgIpc) is 3.11. The minimum absolute atomic E-state index is 0.00523. The number of hydrogen-bond donors (Lipinski definition) is 0. The smallest absolute Gasteiger partial charge is 0.270 e. The number of nitro groups is 1. The molecule has 0 atom stereocenters. The van der Waals surface area contributed by atoms with E-state index < -0.39 is 4.92 Å². The molecule has 128 valence electrons.